The number of carbonyl (C=O) groups is 1. The number of carbonyl (C=O) groups excluding carboxylic acids is 1. The van der Waals surface area contributed by atoms with Crippen LogP contribution in [0.3, 0.4) is 0 Å². The first-order valence-corrected chi connectivity index (χ1v) is 8.32. The monoisotopic (exact) mass is 377 g/mol. The van der Waals surface area contributed by atoms with Crippen LogP contribution in [-0.4, -0.2) is 26.9 Å². The second-order valence-electron chi connectivity index (χ2n) is 6.23. The van der Waals surface area contributed by atoms with Crippen LogP contribution in [0.4, 0.5) is 25.0 Å². The number of alkyl halides is 2. The molecule has 1 saturated carbocycles. The van der Waals surface area contributed by atoms with Crippen molar-refractivity contribution < 1.29 is 13.6 Å². The summed E-state index contributed by atoms with van der Waals surface area (Å²) in [7, 11) is 0. The van der Waals surface area contributed by atoms with Gasteiger partial charge in [-0.2, -0.15) is 0 Å². The number of pyridine rings is 2. The Morgan fingerprint density at radius 1 is 1.31 bits per heavy atom. The van der Waals surface area contributed by atoms with E-state index in [4.69, 9.17) is 11.6 Å². The Labute approximate surface area is 152 Å². The van der Waals surface area contributed by atoms with E-state index in [-0.39, 0.29) is 23.8 Å². The number of anilines is 2. The van der Waals surface area contributed by atoms with Gasteiger partial charge in [-0.15, -0.1) is 0 Å². The average molecular weight is 378 g/mol. The molecule has 9 heteroatoms. The lowest BCUT2D eigenvalue weighted by Crippen LogP contribution is -2.34. The first-order valence-electron chi connectivity index (χ1n) is 7.95. The van der Waals surface area contributed by atoms with Crippen LogP contribution in [0.1, 0.15) is 24.5 Å². The highest BCUT2D eigenvalue weighted by atomic mass is 35.5. The van der Waals surface area contributed by atoms with Gasteiger partial charge in [0.05, 0.1) is 33.8 Å². The number of halogens is 3. The van der Waals surface area contributed by atoms with Crippen molar-refractivity contribution in [3.63, 3.8) is 0 Å². The third-order valence-electron chi connectivity index (χ3n) is 4.29. The van der Waals surface area contributed by atoms with Crippen molar-refractivity contribution in [2.24, 2.45) is 0 Å². The van der Waals surface area contributed by atoms with Crippen molar-refractivity contribution in [3.8, 4) is 0 Å². The van der Waals surface area contributed by atoms with Crippen molar-refractivity contribution in [2.45, 2.75) is 24.7 Å². The number of hydrogen-bond donors (Lipinski definition) is 3. The largest absolute Gasteiger partial charge is 0.358 e. The van der Waals surface area contributed by atoms with E-state index in [2.05, 4.69) is 25.6 Å². The lowest BCUT2D eigenvalue weighted by atomic mass is 9.79. The van der Waals surface area contributed by atoms with E-state index in [1.165, 1.54) is 12.3 Å². The van der Waals surface area contributed by atoms with E-state index in [9.17, 15) is 13.6 Å². The fourth-order valence-electron chi connectivity index (χ4n) is 3.01. The van der Waals surface area contributed by atoms with Gasteiger partial charge in [-0.25, -0.2) is 13.6 Å². The van der Waals surface area contributed by atoms with Crippen molar-refractivity contribution in [2.75, 3.05) is 10.6 Å². The number of nitrogens with one attached hydrogen (secondary N) is 3. The lowest BCUT2D eigenvalue weighted by molar-refractivity contribution is -0.0875. The maximum Gasteiger partial charge on any atom is 0.323 e. The number of rotatable bonds is 3. The predicted molar refractivity (Wildman–Crippen MR) is 94.9 cm³/mol. The zero-order valence-electron chi connectivity index (χ0n) is 13.4. The molecule has 3 aromatic heterocycles. The molecule has 0 unspecified atom stereocenters. The molecule has 4 rings (SSSR count). The van der Waals surface area contributed by atoms with E-state index in [1.807, 2.05) is 6.07 Å². The van der Waals surface area contributed by atoms with E-state index < -0.39 is 12.0 Å². The topological polar surface area (TPSA) is 82.7 Å². The Balaban J connectivity index is 1.44. The number of aromatic amines is 1. The summed E-state index contributed by atoms with van der Waals surface area (Å²) >= 11 is 6.14. The highest BCUT2D eigenvalue weighted by molar-refractivity contribution is 6.31. The number of H-pyrrole nitrogens is 1. The molecular formula is C17H14ClF2N5O. The van der Waals surface area contributed by atoms with Crippen LogP contribution in [0.15, 0.2) is 36.8 Å². The van der Waals surface area contributed by atoms with Crippen molar-refractivity contribution in [1.29, 1.82) is 0 Å². The van der Waals surface area contributed by atoms with E-state index in [0.717, 1.165) is 5.52 Å². The molecule has 1 aliphatic carbocycles. The molecule has 2 amide bonds. The molecular weight excluding hydrogens is 364 g/mol. The van der Waals surface area contributed by atoms with Crippen LogP contribution in [0.2, 0.25) is 5.02 Å². The Morgan fingerprint density at radius 3 is 2.85 bits per heavy atom. The molecule has 3 aromatic rings. The van der Waals surface area contributed by atoms with E-state index in [0.29, 0.717) is 22.6 Å². The summed E-state index contributed by atoms with van der Waals surface area (Å²) < 4.78 is 26.0. The Bertz CT molecular complexity index is 982. The summed E-state index contributed by atoms with van der Waals surface area (Å²) in [4.78, 5) is 23.5. The number of hydrogen-bond acceptors (Lipinski definition) is 3. The van der Waals surface area contributed by atoms with Gasteiger partial charge in [-0.1, -0.05) is 11.6 Å². The van der Waals surface area contributed by atoms with Crippen LogP contribution >= 0.6 is 11.6 Å². The minimum absolute atomic E-state index is 0.249. The molecule has 1 aliphatic rings. The van der Waals surface area contributed by atoms with Gasteiger partial charge in [0.15, 0.2) is 0 Å². The maximum absolute atomic E-state index is 13.0. The van der Waals surface area contributed by atoms with Gasteiger partial charge in [0.25, 0.3) is 0 Å². The summed E-state index contributed by atoms with van der Waals surface area (Å²) in [6, 6.07) is 4.65. The summed E-state index contributed by atoms with van der Waals surface area (Å²) in [5.41, 5.74) is 2.78. The van der Waals surface area contributed by atoms with Crippen molar-refractivity contribution >= 4 is 40.0 Å². The molecule has 1 fully saturated rings. The molecule has 0 saturated heterocycles. The quantitative estimate of drug-likeness (QED) is 0.615. The van der Waals surface area contributed by atoms with Gasteiger partial charge in [-0.05, 0) is 18.2 Å². The normalized spacial score (nSPS) is 16.3. The predicted octanol–water partition coefficient (Wildman–Crippen LogP) is 4.77. The van der Waals surface area contributed by atoms with E-state index >= 15 is 0 Å². The third kappa shape index (κ3) is 3.20. The van der Waals surface area contributed by atoms with Crippen LogP contribution in [-0.2, 0) is 0 Å². The van der Waals surface area contributed by atoms with Gasteiger partial charge in [0, 0.05) is 31.2 Å². The van der Waals surface area contributed by atoms with Gasteiger partial charge in [-0.3, -0.25) is 9.97 Å². The van der Waals surface area contributed by atoms with Crippen LogP contribution in [0.5, 0.6) is 0 Å². The first-order chi connectivity index (χ1) is 12.4. The number of urea groups is 1. The average Bonchev–Trinajstić information content (AvgIpc) is 2.96. The second kappa shape index (κ2) is 6.21. The molecule has 6 nitrogen and oxygen atoms in total. The molecule has 0 spiro atoms. The molecule has 3 N–H and O–H groups in total. The minimum Gasteiger partial charge on any atom is -0.358 e. The molecule has 26 heavy (non-hydrogen) atoms. The summed E-state index contributed by atoms with van der Waals surface area (Å²) in [6.07, 6.45) is 4.18. The molecule has 0 bridgehead atoms. The minimum atomic E-state index is -2.64. The van der Waals surface area contributed by atoms with Crippen molar-refractivity contribution in [1.82, 2.24) is 15.0 Å². The zero-order valence-corrected chi connectivity index (χ0v) is 14.1. The summed E-state index contributed by atoms with van der Waals surface area (Å²) in [5.74, 6) is -2.99. The molecule has 0 radical (unpaired) electrons. The van der Waals surface area contributed by atoms with Crippen molar-refractivity contribution in [3.05, 3.63) is 47.5 Å². The van der Waals surface area contributed by atoms with Crippen LogP contribution < -0.4 is 10.6 Å². The Hall–Kier alpha value is -2.74. The fourth-order valence-corrected chi connectivity index (χ4v) is 3.33. The van der Waals surface area contributed by atoms with Gasteiger partial charge < -0.3 is 15.6 Å². The fraction of sp³-hybridized carbons (Fsp3) is 0.235. The highest BCUT2D eigenvalue weighted by Crippen LogP contribution is 2.49. The standard InChI is InChI=1S/C17H14ClF2N5O/c18-11-4-10(7-23-14(11)9-5-17(19,20)6-9)24-16(26)25-13-8-22-12-2-1-3-21-15(12)13/h1-4,7-9,22H,5-6H2,(H2,24,25,26). The molecule has 134 valence electrons. The summed E-state index contributed by atoms with van der Waals surface area (Å²) in [6.45, 7) is 0. The number of fused-ring (bicyclic) bond motifs is 1. The zero-order chi connectivity index (χ0) is 18.3. The smallest absolute Gasteiger partial charge is 0.323 e. The number of aromatic nitrogens is 3. The van der Waals surface area contributed by atoms with Crippen LogP contribution in [0, 0.1) is 0 Å². The van der Waals surface area contributed by atoms with Gasteiger partial charge >= 0.3 is 6.03 Å². The van der Waals surface area contributed by atoms with Crippen LogP contribution in [0.25, 0.3) is 11.0 Å². The Morgan fingerprint density at radius 2 is 2.12 bits per heavy atom. The number of nitrogens with zero attached hydrogens (tertiary/aromatic N) is 2. The molecule has 0 aromatic carbocycles. The highest BCUT2D eigenvalue weighted by Gasteiger charge is 2.47. The Kier molecular flexibility index (Phi) is 3.99. The third-order valence-corrected chi connectivity index (χ3v) is 4.59. The molecule has 3 heterocycles. The first kappa shape index (κ1) is 16.7. The van der Waals surface area contributed by atoms with E-state index in [1.54, 1.807) is 18.5 Å². The van der Waals surface area contributed by atoms with Gasteiger partial charge in [0.2, 0.25) is 5.92 Å². The van der Waals surface area contributed by atoms with Gasteiger partial charge in [0.1, 0.15) is 5.52 Å². The number of amides is 2. The summed E-state index contributed by atoms with van der Waals surface area (Å²) in [5, 5.41) is 5.57. The maximum atomic E-state index is 13.0. The second-order valence-corrected chi connectivity index (χ2v) is 6.64. The molecule has 0 atom stereocenters. The lowest BCUT2D eigenvalue weighted by Gasteiger charge is -2.34. The molecule has 0 aliphatic heterocycles. The SMILES string of the molecule is O=C(Nc1cnc(C2CC(F)(F)C2)c(Cl)c1)Nc1c[nH]c2cccnc12.